The van der Waals surface area contributed by atoms with Gasteiger partial charge in [-0.05, 0) is 29.8 Å². The summed E-state index contributed by atoms with van der Waals surface area (Å²) in [7, 11) is 0. The zero-order valence-corrected chi connectivity index (χ0v) is 13.2. The van der Waals surface area contributed by atoms with Crippen molar-refractivity contribution in [1.82, 2.24) is 20.3 Å². The number of hydrogen-bond acceptors (Lipinski definition) is 4. The number of carbonyl (C=O) groups excluding carboxylic acids is 1. The lowest BCUT2D eigenvalue weighted by Gasteiger charge is -2.09. The molecule has 0 radical (unpaired) electrons. The minimum absolute atomic E-state index is 0.0437. The van der Waals surface area contributed by atoms with Crippen LogP contribution in [0.1, 0.15) is 5.56 Å². The molecule has 0 saturated heterocycles. The molecule has 0 aliphatic heterocycles. The highest BCUT2D eigenvalue weighted by atomic mass is 19.3. The lowest BCUT2D eigenvalue weighted by atomic mass is 10.2. The topological polar surface area (TPSA) is 69.0 Å². The Bertz CT molecular complexity index is 866. The van der Waals surface area contributed by atoms with Crippen molar-refractivity contribution in [3.05, 3.63) is 54.1 Å². The number of fused-ring (bicyclic) bond motifs is 1. The standard InChI is InChI=1S/C17H16F2N4O2/c18-16(19)11-25-13-5-3-4-12(8-13)9-20-17(24)10-23-15-7-2-1-6-14(15)21-22-23/h1-8,16H,9-11H2,(H,20,24). The van der Waals surface area contributed by atoms with Gasteiger partial charge in [0.2, 0.25) is 5.91 Å². The van der Waals surface area contributed by atoms with Crippen LogP contribution >= 0.6 is 0 Å². The first kappa shape index (κ1) is 16.8. The van der Waals surface area contributed by atoms with Crippen LogP contribution < -0.4 is 10.1 Å². The fraction of sp³-hybridized carbons (Fsp3) is 0.235. The van der Waals surface area contributed by atoms with Crippen molar-refractivity contribution < 1.29 is 18.3 Å². The van der Waals surface area contributed by atoms with Crippen LogP contribution in [-0.4, -0.2) is 33.9 Å². The highest BCUT2D eigenvalue weighted by Gasteiger charge is 2.09. The molecular weight excluding hydrogens is 330 g/mol. The highest BCUT2D eigenvalue weighted by molar-refractivity contribution is 5.79. The first-order valence-corrected chi connectivity index (χ1v) is 7.66. The minimum atomic E-state index is -2.53. The van der Waals surface area contributed by atoms with Gasteiger partial charge in [0.15, 0.2) is 0 Å². The number of alkyl halides is 2. The molecule has 1 aromatic heterocycles. The van der Waals surface area contributed by atoms with Gasteiger partial charge in [0.25, 0.3) is 6.43 Å². The number of rotatable bonds is 7. The number of amides is 1. The first-order valence-electron chi connectivity index (χ1n) is 7.66. The van der Waals surface area contributed by atoms with E-state index in [1.807, 2.05) is 24.3 Å². The summed E-state index contributed by atoms with van der Waals surface area (Å²) < 4.78 is 30.8. The highest BCUT2D eigenvalue weighted by Crippen LogP contribution is 2.14. The number of hydrogen-bond donors (Lipinski definition) is 1. The number of aromatic nitrogens is 3. The summed E-state index contributed by atoms with van der Waals surface area (Å²) in [6.45, 7) is -0.353. The van der Waals surface area contributed by atoms with Crippen molar-refractivity contribution in [3.8, 4) is 5.75 Å². The van der Waals surface area contributed by atoms with Gasteiger partial charge < -0.3 is 10.1 Å². The second-order valence-corrected chi connectivity index (χ2v) is 5.36. The summed E-state index contributed by atoms with van der Waals surface area (Å²) in [5.41, 5.74) is 2.25. The Hall–Kier alpha value is -3.03. The maximum Gasteiger partial charge on any atom is 0.272 e. The normalized spacial score (nSPS) is 11.0. The van der Waals surface area contributed by atoms with Gasteiger partial charge in [0.1, 0.15) is 24.4 Å². The Labute approximate surface area is 142 Å². The second-order valence-electron chi connectivity index (χ2n) is 5.36. The molecule has 0 bridgehead atoms. The number of benzene rings is 2. The van der Waals surface area contributed by atoms with Crippen LogP contribution in [-0.2, 0) is 17.9 Å². The molecule has 130 valence electrons. The van der Waals surface area contributed by atoms with Crippen molar-refractivity contribution >= 4 is 16.9 Å². The Morgan fingerprint density at radius 2 is 2.04 bits per heavy atom. The average molecular weight is 346 g/mol. The van der Waals surface area contributed by atoms with Crippen molar-refractivity contribution in [1.29, 1.82) is 0 Å². The smallest absolute Gasteiger partial charge is 0.272 e. The fourth-order valence-corrected chi connectivity index (χ4v) is 2.33. The monoisotopic (exact) mass is 346 g/mol. The van der Waals surface area contributed by atoms with Crippen molar-refractivity contribution in [3.63, 3.8) is 0 Å². The van der Waals surface area contributed by atoms with Crippen LogP contribution in [0.15, 0.2) is 48.5 Å². The lowest BCUT2D eigenvalue weighted by molar-refractivity contribution is -0.121. The van der Waals surface area contributed by atoms with Crippen molar-refractivity contribution in [2.75, 3.05) is 6.61 Å². The molecule has 2 aromatic carbocycles. The molecular formula is C17H16F2N4O2. The number of halogens is 2. The van der Waals surface area contributed by atoms with Crippen molar-refractivity contribution in [2.24, 2.45) is 0 Å². The Morgan fingerprint density at radius 1 is 1.20 bits per heavy atom. The first-order chi connectivity index (χ1) is 12.1. The number of para-hydroxylation sites is 1. The largest absolute Gasteiger partial charge is 0.488 e. The van der Waals surface area contributed by atoms with Gasteiger partial charge in [-0.2, -0.15) is 0 Å². The molecule has 3 rings (SSSR count). The quantitative estimate of drug-likeness (QED) is 0.713. The van der Waals surface area contributed by atoms with E-state index >= 15 is 0 Å². The molecule has 0 aliphatic rings. The van der Waals surface area contributed by atoms with Gasteiger partial charge >= 0.3 is 0 Å². The zero-order chi connectivity index (χ0) is 17.6. The third kappa shape index (κ3) is 4.50. The predicted molar refractivity (Wildman–Crippen MR) is 87.3 cm³/mol. The Morgan fingerprint density at radius 3 is 2.88 bits per heavy atom. The van der Waals surface area contributed by atoms with E-state index in [9.17, 15) is 13.6 Å². The predicted octanol–water partition coefficient (Wildman–Crippen LogP) is 2.39. The Balaban J connectivity index is 1.56. The van der Waals surface area contributed by atoms with Gasteiger partial charge in [0.05, 0.1) is 5.52 Å². The third-order valence-corrected chi connectivity index (χ3v) is 3.48. The molecule has 8 heteroatoms. The van der Waals surface area contributed by atoms with E-state index in [0.29, 0.717) is 5.75 Å². The molecule has 1 N–H and O–H groups in total. The van der Waals surface area contributed by atoms with Gasteiger partial charge in [-0.25, -0.2) is 13.5 Å². The molecule has 0 spiro atoms. The van der Waals surface area contributed by atoms with E-state index in [1.165, 1.54) is 4.68 Å². The number of ether oxygens (including phenoxy) is 1. The summed E-state index contributed by atoms with van der Waals surface area (Å²) in [6.07, 6.45) is -2.53. The molecule has 6 nitrogen and oxygen atoms in total. The van der Waals surface area contributed by atoms with E-state index in [1.54, 1.807) is 24.3 Å². The number of nitrogens with zero attached hydrogens (tertiary/aromatic N) is 3. The second kappa shape index (κ2) is 7.69. The summed E-state index contributed by atoms with van der Waals surface area (Å²) in [6, 6.07) is 14.0. The summed E-state index contributed by atoms with van der Waals surface area (Å²) in [5.74, 6) is 0.115. The van der Waals surface area contributed by atoms with E-state index in [2.05, 4.69) is 15.6 Å². The van der Waals surface area contributed by atoms with Crippen LogP contribution in [0.2, 0.25) is 0 Å². The van der Waals surface area contributed by atoms with E-state index in [-0.39, 0.29) is 19.0 Å². The SMILES string of the molecule is O=C(Cn1nnc2ccccc21)NCc1cccc(OCC(F)F)c1. The van der Waals surface area contributed by atoms with Gasteiger partial charge in [-0.15, -0.1) is 5.10 Å². The van der Waals surface area contributed by atoms with Crippen LogP contribution in [0, 0.1) is 0 Å². The van der Waals surface area contributed by atoms with E-state index in [4.69, 9.17) is 4.74 Å². The van der Waals surface area contributed by atoms with Crippen LogP contribution in [0.3, 0.4) is 0 Å². The molecule has 0 fully saturated rings. The summed E-state index contributed by atoms with van der Waals surface area (Å²) in [4.78, 5) is 12.1. The average Bonchev–Trinajstić information content (AvgIpc) is 3.02. The van der Waals surface area contributed by atoms with Crippen LogP contribution in [0.5, 0.6) is 5.75 Å². The number of nitrogens with one attached hydrogen (secondary N) is 1. The number of carbonyl (C=O) groups is 1. The molecule has 0 aliphatic carbocycles. The molecule has 3 aromatic rings. The van der Waals surface area contributed by atoms with E-state index < -0.39 is 13.0 Å². The van der Waals surface area contributed by atoms with E-state index in [0.717, 1.165) is 16.6 Å². The van der Waals surface area contributed by atoms with Gasteiger partial charge in [0, 0.05) is 6.54 Å². The van der Waals surface area contributed by atoms with Gasteiger partial charge in [-0.3, -0.25) is 4.79 Å². The summed E-state index contributed by atoms with van der Waals surface area (Å²) >= 11 is 0. The van der Waals surface area contributed by atoms with Crippen LogP contribution in [0.4, 0.5) is 8.78 Å². The molecule has 25 heavy (non-hydrogen) atoms. The molecule has 0 unspecified atom stereocenters. The zero-order valence-electron chi connectivity index (χ0n) is 13.2. The molecule has 1 heterocycles. The van der Waals surface area contributed by atoms with Crippen LogP contribution in [0.25, 0.3) is 11.0 Å². The summed E-state index contributed by atoms with van der Waals surface area (Å²) in [5, 5.41) is 10.7. The lowest BCUT2D eigenvalue weighted by Crippen LogP contribution is -2.27. The third-order valence-electron chi connectivity index (χ3n) is 3.48. The molecule has 0 atom stereocenters. The maximum absolute atomic E-state index is 12.2. The van der Waals surface area contributed by atoms with Crippen molar-refractivity contribution in [2.45, 2.75) is 19.5 Å². The minimum Gasteiger partial charge on any atom is -0.488 e. The fourth-order valence-electron chi connectivity index (χ4n) is 2.33. The molecule has 0 saturated carbocycles. The molecule has 1 amide bonds. The Kier molecular flexibility index (Phi) is 5.17. The van der Waals surface area contributed by atoms with Gasteiger partial charge in [-0.1, -0.05) is 29.5 Å². The maximum atomic E-state index is 12.2.